The van der Waals surface area contributed by atoms with Crippen LogP contribution in [-0.4, -0.2) is 70.8 Å². The fourth-order valence-electron chi connectivity index (χ4n) is 5.55. The average molecular weight is 651 g/mol. The molecule has 43 heavy (non-hydrogen) atoms. The van der Waals surface area contributed by atoms with Crippen molar-refractivity contribution >= 4 is 52.9 Å². The van der Waals surface area contributed by atoms with Crippen LogP contribution < -0.4 is 10.0 Å². The van der Waals surface area contributed by atoms with Gasteiger partial charge in [0.25, 0.3) is 0 Å². The molecule has 2 N–H and O–H groups in total. The van der Waals surface area contributed by atoms with Crippen LogP contribution in [0.4, 0.5) is 0 Å². The van der Waals surface area contributed by atoms with Crippen LogP contribution in [0.1, 0.15) is 58.6 Å². The third kappa shape index (κ3) is 8.81. The number of methoxy groups -OCH3 is 1. The van der Waals surface area contributed by atoms with Gasteiger partial charge in [0, 0.05) is 30.4 Å². The number of aliphatic hydroxyl groups excluding tert-OH is 1. The van der Waals surface area contributed by atoms with Crippen molar-refractivity contribution in [1.82, 2.24) is 9.88 Å². The van der Waals surface area contributed by atoms with Crippen LogP contribution in [0.2, 0.25) is 0 Å². The van der Waals surface area contributed by atoms with Gasteiger partial charge in [0.2, 0.25) is 0 Å². The van der Waals surface area contributed by atoms with Gasteiger partial charge in [0.15, 0.2) is 0 Å². The van der Waals surface area contributed by atoms with E-state index in [2.05, 4.69) is 9.88 Å². The van der Waals surface area contributed by atoms with Gasteiger partial charge in [0.05, 0.1) is 46.4 Å². The average Bonchev–Trinajstić information content (AvgIpc) is 3.44. The molecule has 9 nitrogen and oxygen atoms in total. The first kappa shape index (κ1) is 33.9. The van der Waals surface area contributed by atoms with Crippen LogP contribution in [0, 0.1) is 11.8 Å². The predicted octanol–water partition coefficient (Wildman–Crippen LogP) is 6.60. The standard InChI is InChI=1S/C31H43N2O7PS2/c1-20(2)39-41(37,40-21(3)4)29-12-16-42-31(29)43-17-15-33-14-11-22(26(19-33)30(35)36)6-9-28(34)24-10-13-32-27-8-7-23(38-5)18-25(24)27/h7-8,10,12-13,16,18,20-22,26,28,34H,6,9,11,14-15,17,19H2,1-5H3,(H,35,36)/t22-,26+,28-/m1/s1. The molecule has 0 aliphatic carbocycles. The van der Waals surface area contributed by atoms with E-state index >= 15 is 0 Å². The van der Waals surface area contributed by atoms with Crippen molar-refractivity contribution in [2.45, 2.75) is 69.5 Å². The Bertz CT molecular complexity index is 1400. The number of hydrogen-bond acceptors (Lipinski definition) is 10. The summed E-state index contributed by atoms with van der Waals surface area (Å²) >= 11 is 3.12. The largest absolute Gasteiger partial charge is 0.497 e. The Kier molecular flexibility index (Phi) is 12.1. The second kappa shape index (κ2) is 15.3. The lowest BCUT2D eigenvalue weighted by Gasteiger charge is -2.37. The summed E-state index contributed by atoms with van der Waals surface area (Å²) in [4.78, 5) is 18.9. The smallest absolute Gasteiger partial charge is 0.363 e. The molecule has 0 spiro atoms. The van der Waals surface area contributed by atoms with E-state index in [0.29, 0.717) is 37.0 Å². The molecule has 2 aromatic heterocycles. The minimum atomic E-state index is -3.47. The lowest BCUT2D eigenvalue weighted by Crippen LogP contribution is -2.44. The Morgan fingerprint density at radius 1 is 1.19 bits per heavy atom. The lowest BCUT2D eigenvalue weighted by molar-refractivity contribution is -0.146. The molecular weight excluding hydrogens is 607 g/mol. The van der Waals surface area contributed by atoms with Crippen molar-refractivity contribution in [1.29, 1.82) is 0 Å². The molecule has 12 heteroatoms. The van der Waals surface area contributed by atoms with Gasteiger partial charge in [0.1, 0.15) is 5.75 Å². The number of aromatic nitrogens is 1. The Morgan fingerprint density at radius 3 is 2.60 bits per heavy atom. The van der Waals surface area contributed by atoms with Crippen molar-refractivity contribution < 1.29 is 33.4 Å². The van der Waals surface area contributed by atoms with Crippen LogP contribution in [0.3, 0.4) is 0 Å². The monoisotopic (exact) mass is 650 g/mol. The number of ether oxygens (including phenoxy) is 1. The number of aliphatic carboxylic acids is 1. The van der Waals surface area contributed by atoms with Crippen LogP contribution in [0.5, 0.6) is 5.75 Å². The number of carboxylic acids is 1. The molecule has 0 unspecified atom stereocenters. The molecule has 0 bridgehead atoms. The zero-order chi connectivity index (χ0) is 31.1. The minimum absolute atomic E-state index is 0.0187. The predicted molar refractivity (Wildman–Crippen MR) is 173 cm³/mol. The Morgan fingerprint density at radius 2 is 1.93 bits per heavy atom. The van der Waals surface area contributed by atoms with Gasteiger partial charge in [-0.3, -0.25) is 14.3 Å². The third-order valence-electron chi connectivity index (χ3n) is 7.55. The molecule has 1 aromatic carbocycles. The van der Waals surface area contributed by atoms with E-state index in [0.717, 1.165) is 39.4 Å². The first-order valence-corrected chi connectivity index (χ1v) is 18.1. The van der Waals surface area contributed by atoms with E-state index < -0.39 is 25.6 Å². The lowest BCUT2D eigenvalue weighted by atomic mass is 9.81. The van der Waals surface area contributed by atoms with Crippen LogP contribution in [-0.2, 0) is 18.4 Å². The molecule has 3 aromatic rings. The molecule has 1 fully saturated rings. The molecule has 4 rings (SSSR count). The summed E-state index contributed by atoms with van der Waals surface area (Å²) in [6.07, 6.45) is 2.32. The number of aliphatic hydroxyl groups is 1. The molecule has 1 saturated heterocycles. The normalized spacial score (nSPS) is 18.9. The molecular formula is C31H43N2O7PS2. The number of carbonyl (C=O) groups is 1. The number of piperidine rings is 1. The van der Waals surface area contributed by atoms with E-state index in [1.807, 2.05) is 63.4 Å². The van der Waals surface area contributed by atoms with Gasteiger partial charge in [-0.1, -0.05) is 0 Å². The number of rotatable bonds is 15. The Balaban J connectivity index is 1.34. The summed E-state index contributed by atoms with van der Waals surface area (Å²) in [7, 11) is -1.86. The quantitative estimate of drug-likeness (QED) is 0.138. The minimum Gasteiger partial charge on any atom is -0.497 e. The van der Waals surface area contributed by atoms with Gasteiger partial charge in [-0.05, 0) is 101 Å². The molecule has 236 valence electrons. The number of pyridine rings is 1. The molecule has 3 heterocycles. The molecule has 0 amide bonds. The van der Waals surface area contributed by atoms with Crippen LogP contribution in [0.15, 0.2) is 46.1 Å². The Labute approximate surface area is 262 Å². The van der Waals surface area contributed by atoms with Gasteiger partial charge < -0.3 is 28.9 Å². The summed E-state index contributed by atoms with van der Waals surface area (Å²) in [5.74, 6) is 0.105. The zero-order valence-corrected chi connectivity index (χ0v) is 28.0. The van der Waals surface area contributed by atoms with E-state index in [1.54, 1.807) is 25.1 Å². The zero-order valence-electron chi connectivity index (χ0n) is 25.5. The fourth-order valence-corrected chi connectivity index (χ4v) is 10.5. The first-order valence-electron chi connectivity index (χ1n) is 14.7. The maximum atomic E-state index is 13.7. The van der Waals surface area contributed by atoms with Gasteiger partial charge in [-0.15, -0.1) is 23.1 Å². The summed E-state index contributed by atoms with van der Waals surface area (Å²) < 4.78 is 31.6. The van der Waals surface area contributed by atoms with E-state index in [4.69, 9.17) is 13.8 Å². The maximum Gasteiger partial charge on any atom is 0.363 e. The first-order chi connectivity index (χ1) is 20.5. The molecule has 1 aliphatic heterocycles. The van der Waals surface area contributed by atoms with Crippen molar-refractivity contribution in [3.05, 3.63) is 47.5 Å². The second-order valence-corrected chi connectivity index (χ2v) is 15.6. The molecule has 3 atom stereocenters. The summed E-state index contributed by atoms with van der Waals surface area (Å²) in [5.41, 5.74) is 1.56. The van der Waals surface area contributed by atoms with Crippen molar-refractivity contribution in [2.75, 3.05) is 32.5 Å². The summed E-state index contributed by atoms with van der Waals surface area (Å²) in [5, 5.41) is 24.5. The van der Waals surface area contributed by atoms with Crippen LogP contribution >= 0.6 is 30.7 Å². The number of thiophene rings is 1. The number of nitrogens with zero attached hydrogens (tertiary/aromatic N) is 2. The molecule has 0 radical (unpaired) electrons. The Hall–Kier alpha value is -1.98. The van der Waals surface area contributed by atoms with E-state index in [-0.39, 0.29) is 18.1 Å². The third-order valence-corrected chi connectivity index (χ3v) is 12.4. The second-order valence-electron chi connectivity index (χ2n) is 11.4. The van der Waals surface area contributed by atoms with Gasteiger partial charge >= 0.3 is 13.6 Å². The van der Waals surface area contributed by atoms with Crippen LogP contribution in [0.25, 0.3) is 10.9 Å². The SMILES string of the molecule is COc1ccc2nccc([C@H](O)CC[C@@H]3CCN(CCSc4sccc4P(=O)(OC(C)C)OC(C)C)C[C@@H]3C(=O)O)c2c1. The van der Waals surface area contributed by atoms with E-state index in [1.165, 1.54) is 11.3 Å². The van der Waals surface area contributed by atoms with E-state index in [9.17, 15) is 19.6 Å². The van der Waals surface area contributed by atoms with Gasteiger partial charge in [-0.2, -0.15) is 0 Å². The summed E-state index contributed by atoms with van der Waals surface area (Å²) in [6.45, 7) is 9.35. The number of benzene rings is 1. The maximum absolute atomic E-state index is 13.7. The van der Waals surface area contributed by atoms with Gasteiger partial charge in [-0.25, -0.2) is 0 Å². The number of thioether (sulfide) groups is 1. The molecule has 0 saturated carbocycles. The number of fused-ring (bicyclic) bond motifs is 1. The molecule has 1 aliphatic rings. The van der Waals surface area contributed by atoms with Crippen molar-refractivity contribution in [3.63, 3.8) is 0 Å². The number of hydrogen-bond donors (Lipinski definition) is 2. The van der Waals surface area contributed by atoms with Crippen molar-refractivity contribution in [2.24, 2.45) is 11.8 Å². The highest BCUT2D eigenvalue weighted by molar-refractivity contribution is 8.01. The van der Waals surface area contributed by atoms with Crippen molar-refractivity contribution in [3.8, 4) is 5.75 Å². The topological polar surface area (TPSA) is 118 Å². The number of carboxylic acid groups (broad SMARTS) is 1. The highest BCUT2D eigenvalue weighted by Gasteiger charge is 2.36. The summed E-state index contributed by atoms with van der Waals surface area (Å²) in [6, 6.07) is 9.24. The highest BCUT2D eigenvalue weighted by atomic mass is 32.2. The number of likely N-dealkylation sites (tertiary alicyclic amines) is 1. The highest BCUT2D eigenvalue weighted by Crippen LogP contribution is 2.52. The fraction of sp³-hybridized carbons (Fsp3) is 0.548.